The van der Waals surface area contributed by atoms with Crippen LogP contribution in [-0.4, -0.2) is 18.9 Å². The first kappa shape index (κ1) is 15.5. The second kappa shape index (κ2) is 5.21. The fraction of sp³-hybridized carbons (Fsp3) is 0.368. The van der Waals surface area contributed by atoms with Crippen molar-refractivity contribution in [3.8, 4) is 5.75 Å². The average molecular weight is 344 g/mol. The van der Waals surface area contributed by atoms with Gasteiger partial charge in [0.1, 0.15) is 5.75 Å². The van der Waals surface area contributed by atoms with Gasteiger partial charge in [-0.1, -0.05) is 34.9 Å². The van der Waals surface area contributed by atoms with Gasteiger partial charge in [0.15, 0.2) is 0 Å². The molecule has 0 spiro atoms. The van der Waals surface area contributed by atoms with Crippen molar-refractivity contribution in [3.63, 3.8) is 0 Å². The number of nitrogens with zero attached hydrogens (tertiary/aromatic N) is 1. The molecule has 24 heavy (non-hydrogen) atoms. The molecule has 1 saturated heterocycles. The number of allylic oxidation sites excluding steroid dienone is 4. The molecule has 1 aromatic carbocycles. The van der Waals surface area contributed by atoms with Crippen molar-refractivity contribution in [2.45, 2.75) is 13.8 Å². The number of fused-ring (bicyclic) bond motifs is 5. The first-order valence-corrected chi connectivity index (χ1v) is 8.40. The molecule has 2 amide bonds. The van der Waals surface area contributed by atoms with Crippen LogP contribution in [0.2, 0.25) is 5.02 Å². The van der Waals surface area contributed by atoms with Crippen LogP contribution in [0.15, 0.2) is 41.5 Å². The number of rotatable bonds is 2. The number of carbonyl (C=O) groups excluding carboxylic acids is 2. The monoisotopic (exact) mass is 343 g/mol. The van der Waals surface area contributed by atoms with Gasteiger partial charge in [0, 0.05) is 16.9 Å². The SMILES string of the molecule is COc1ccc(Cl)cc1N1C(=O)[C@H]2[C@H](C1=O)[C@H]1C=C[C@@H]2C1=C(C)C. The Morgan fingerprint density at radius 1 is 1.08 bits per heavy atom. The highest BCUT2D eigenvalue weighted by atomic mass is 35.5. The van der Waals surface area contributed by atoms with Gasteiger partial charge >= 0.3 is 0 Å². The Labute approximate surface area is 145 Å². The van der Waals surface area contributed by atoms with Gasteiger partial charge < -0.3 is 4.74 Å². The molecule has 3 aliphatic rings. The minimum atomic E-state index is -0.305. The van der Waals surface area contributed by atoms with Crippen LogP contribution < -0.4 is 9.64 Å². The third-order valence-electron chi connectivity index (χ3n) is 5.37. The van der Waals surface area contributed by atoms with Crippen LogP contribution >= 0.6 is 11.6 Å². The predicted molar refractivity (Wildman–Crippen MR) is 92.0 cm³/mol. The summed E-state index contributed by atoms with van der Waals surface area (Å²) < 4.78 is 5.33. The van der Waals surface area contributed by atoms with E-state index in [1.165, 1.54) is 23.2 Å². The average Bonchev–Trinajstić information content (AvgIpc) is 3.17. The molecule has 4 atom stereocenters. The summed E-state index contributed by atoms with van der Waals surface area (Å²) in [5, 5.41) is 0.467. The van der Waals surface area contributed by atoms with Crippen molar-refractivity contribution < 1.29 is 14.3 Å². The maximum atomic E-state index is 13.1. The number of imide groups is 1. The van der Waals surface area contributed by atoms with E-state index >= 15 is 0 Å². The molecule has 124 valence electrons. The normalized spacial score (nSPS) is 30.3. The molecule has 2 bridgehead atoms. The van der Waals surface area contributed by atoms with Gasteiger partial charge in [0.25, 0.3) is 0 Å². The van der Waals surface area contributed by atoms with Crippen molar-refractivity contribution in [2.75, 3.05) is 12.0 Å². The molecule has 1 aliphatic heterocycles. The van der Waals surface area contributed by atoms with E-state index in [1.54, 1.807) is 18.2 Å². The number of hydrogen-bond donors (Lipinski definition) is 0. The lowest BCUT2D eigenvalue weighted by molar-refractivity contribution is -0.123. The molecule has 1 heterocycles. The van der Waals surface area contributed by atoms with E-state index in [2.05, 4.69) is 26.0 Å². The molecule has 2 aliphatic carbocycles. The van der Waals surface area contributed by atoms with Gasteiger partial charge in [-0.15, -0.1) is 0 Å². The third-order valence-corrected chi connectivity index (χ3v) is 5.61. The first-order valence-electron chi connectivity index (χ1n) is 8.02. The van der Waals surface area contributed by atoms with Crippen molar-refractivity contribution >= 4 is 29.1 Å². The lowest BCUT2D eigenvalue weighted by Crippen LogP contribution is -2.33. The molecule has 1 saturated carbocycles. The fourth-order valence-corrected chi connectivity index (χ4v) is 4.67. The van der Waals surface area contributed by atoms with Gasteiger partial charge in [-0.05, 0) is 32.0 Å². The van der Waals surface area contributed by atoms with Crippen molar-refractivity contribution in [2.24, 2.45) is 23.7 Å². The highest BCUT2D eigenvalue weighted by Crippen LogP contribution is 2.57. The summed E-state index contributed by atoms with van der Waals surface area (Å²) in [5.41, 5.74) is 2.88. The third kappa shape index (κ3) is 1.86. The number of benzene rings is 1. The van der Waals surface area contributed by atoms with Gasteiger partial charge in [0.2, 0.25) is 11.8 Å². The standard InChI is InChI=1S/C19H18ClNO3/c1-9(2)15-11-5-6-12(15)17-16(11)18(22)21(19(17)23)13-8-10(20)4-7-14(13)24-3/h4-8,11-12,16-17H,1-3H3/t11-,12+,16-,17-/m1/s1. The zero-order valence-corrected chi connectivity index (χ0v) is 14.5. The molecular formula is C19H18ClNO3. The fourth-order valence-electron chi connectivity index (χ4n) is 4.51. The zero-order chi connectivity index (χ0) is 17.2. The number of anilines is 1. The Bertz CT molecular complexity index is 788. The second-order valence-corrected chi connectivity index (χ2v) is 7.21. The van der Waals surface area contributed by atoms with E-state index in [9.17, 15) is 9.59 Å². The number of carbonyl (C=O) groups is 2. The number of amides is 2. The van der Waals surface area contributed by atoms with Crippen LogP contribution in [0.4, 0.5) is 5.69 Å². The summed E-state index contributed by atoms with van der Waals surface area (Å²) >= 11 is 6.08. The van der Waals surface area contributed by atoms with E-state index in [0.29, 0.717) is 16.5 Å². The summed E-state index contributed by atoms with van der Waals surface area (Å²) in [4.78, 5) is 27.4. The largest absolute Gasteiger partial charge is 0.495 e. The van der Waals surface area contributed by atoms with Gasteiger partial charge in [-0.3, -0.25) is 9.59 Å². The van der Waals surface area contributed by atoms with Crippen LogP contribution in [0.25, 0.3) is 0 Å². The molecule has 5 heteroatoms. The van der Waals surface area contributed by atoms with Crippen molar-refractivity contribution in [1.82, 2.24) is 0 Å². The Morgan fingerprint density at radius 2 is 1.67 bits per heavy atom. The van der Waals surface area contributed by atoms with E-state index in [0.717, 1.165) is 0 Å². The highest BCUT2D eigenvalue weighted by Gasteiger charge is 2.62. The number of methoxy groups -OCH3 is 1. The van der Waals surface area contributed by atoms with Crippen molar-refractivity contribution in [1.29, 1.82) is 0 Å². The maximum Gasteiger partial charge on any atom is 0.238 e. The lowest BCUT2D eigenvalue weighted by Gasteiger charge is -2.21. The summed E-state index contributed by atoms with van der Waals surface area (Å²) in [6, 6.07) is 4.98. The van der Waals surface area contributed by atoms with Crippen LogP contribution in [0.5, 0.6) is 5.75 Å². The number of halogens is 1. The molecule has 1 aromatic rings. The van der Waals surface area contributed by atoms with Gasteiger partial charge in [0.05, 0.1) is 24.6 Å². The summed E-state index contributed by atoms with van der Waals surface area (Å²) in [6.45, 7) is 4.10. The highest BCUT2D eigenvalue weighted by molar-refractivity contribution is 6.31. The molecular weight excluding hydrogens is 326 g/mol. The summed E-state index contributed by atoms with van der Waals surface area (Å²) in [5.74, 6) is -0.360. The summed E-state index contributed by atoms with van der Waals surface area (Å²) in [6.07, 6.45) is 4.16. The molecule has 0 aromatic heterocycles. The number of hydrogen-bond acceptors (Lipinski definition) is 3. The first-order chi connectivity index (χ1) is 11.5. The Balaban J connectivity index is 1.80. The van der Waals surface area contributed by atoms with Gasteiger partial charge in [-0.25, -0.2) is 4.90 Å². The van der Waals surface area contributed by atoms with E-state index in [1.807, 2.05) is 0 Å². The molecule has 0 unspecified atom stereocenters. The molecule has 0 radical (unpaired) electrons. The van der Waals surface area contributed by atoms with Crippen LogP contribution in [0, 0.1) is 23.7 Å². The second-order valence-electron chi connectivity index (χ2n) is 6.77. The topological polar surface area (TPSA) is 46.6 Å². The lowest BCUT2D eigenvalue weighted by atomic mass is 9.85. The van der Waals surface area contributed by atoms with Crippen molar-refractivity contribution in [3.05, 3.63) is 46.5 Å². The predicted octanol–water partition coefficient (Wildman–Crippen LogP) is 3.61. The maximum absolute atomic E-state index is 13.1. The van der Waals surface area contributed by atoms with E-state index in [4.69, 9.17) is 16.3 Å². The molecule has 0 N–H and O–H groups in total. The number of ether oxygens (including phenoxy) is 1. The Morgan fingerprint density at radius 3 is 2.17 bits per heavy atom. The molecule has 4 nitrogen and oxygen atoms in total. The quantitative estimate of drug-likeness (QED) is 0.609. The Kier molecular flexibility index (Phi) is 3.36. The van der Waals surface area contributed by atoms with E-state index in [-0.39, 0.29) is 35.5 Å². The van der Waals surface area contributed by atoms with Gasteiger partial charge in [-0.2, -0.15) is 0 Å². The van der Waals surface area contributed by atoms with Crippen LogP contribution in [-0.2, 0) is 9.59 Å². The molecule has 2 fully saturated rings. The minimum absolute atomic E-state index is 0.0385. The van der Waals surface area contributed by atoms with E-state index < -0.39 is 0 Å². The summed E-state index contributed by atoms with van der Waals surface area (Å²) in [7, 11) is 1.52. The minimum Gasteiger partial charge on any atom is -0.495 e. The zero-order valence-electron chi connectivity index (χ0n) is 13.7. The molecule has 4 rings (SSSR count). The smallest absolute Gasteiger partial charge is 0.238 e. The van der Waals surface area contributed by atoms with Crippen LogP contribution in [0.3, 0.4) is 0 Å². The Hall–Kier alpha value is -2.07. The van der Waals surface area contributed by atoms with Crippen LogP contribution in [0.1, 0.15) is 13.8 Å².